The van der Waals surface area contributed by atoms with Crippen LogP contribution < -0.4 is 16.0 Å². The normalized spacial score (nSPS) is 21.8. The highest BCUT2D eigenvalue weighted by molar-refractivity contribution is 7.13. The van der Waals surface area contributed by atoms with Gasteiger partial charge in [-0.1, -0.05) is 11.2 Å². The smallest absolute Gasteiger partial charge is 0.352 e. The van der Waals surface area contributed by atoms with Gasteiger partial charge in [-0.25, -0.2) is 19.6 Å². The van der Waals surface area contributed by atoms with Gasteiger partial charge in [0.25, 0.3) is 17.7 Å². The molecular weight excluding hydrogens is 542 g/mol. The quantitative estimate of drug-likeness (QED) is 0.140. The molecule has 3 aliphatic heterocycles. The fourth-order valence-corrected chi connectivity index (χ4v) is 5.39. The van der Waals surface area contributed by atoms with Gasteiger partial charge in [0.15, 0.2) is 10.8 Å². The molecule has 0 aromatic carbocycles. The third-order valence-corrected chi connectivity index (χ3v) is 7.28. The Kier molecular flexibility index (Phi) is 7.13. The fraction of sp³-hybridized carbons (Fsp3) is 0.280. The largest absolute Gasteiger partial charge is 0.477 e. The number of pyridine rings is 1. The minimum atomic E-state index is -1.32. The topological polar surface area (TPSA) is 197 Å². The molecule has 0 saturated carbocycles. The number of fused-ring (bicyclic) bond motifs is 1. The number of carbonyl (C=O) groups excluding carboxylic acids is 4. The van der Waals surface area contributed by atoms with Crippen LogP contribution in [0.3, 0.4) is 0 Å². The Morgan fingerprint density at radius 2 is 2.08 bits per heavy atom. The molecule has 0 spiro atoms. The first-order chi connectivity index (χ1) is 19.2. The average Bonchev–Trinajstić information content (AvgIpc) is 3.52. The number of hydrogen-bond donors (Lipinski definition) is 3. The third-order valence-electron chi connectivity index (χ3n) is 6.61. The van der Waals surface area contributed by atoms with Gasteiger partial charge in [0.2, 0.25) is 0 Å². The minimum Gasteiger partial charge on any atom is -0.477 e. The first-order valence-electron chi connectivity index (χ1n) is 12.2. The molecule has 2 aromatic rings. The molecule has 5 rings (SSSR count). The van der Waals surface area contributed by atoms with Gasteiger partial charge in [0.05, 0.1) is 6.04 Å². The van der Waals surface area contributed by atoms with Crippen LogP contribution in [0.25, 0.3) is 0 Å². The van der Waals surface area contributed by atoms with Gasteiger partial charge < -0.3 is 21.0 Å². The highest BCUT2D eigenvalue weighted by Crippen LogP contribution is 2.38. The Morgan fingerprint density at radius 1 is 1.27 bits per heavy atom. The molecule has 3 aliphatic rings. The first kappa shape index (κ1) is 26.7. The highest BCUT2D eigenvalue weighted by Gasteiger charge is 2.53. The number of thiazole rings is 1. The molecule has 40 heavy (non-hydrogen) atoms. The van der Waals surface area contributed by atoms with E-state index < -0.39 is 35.8 Å². The summed E-state index contributed by atoms with van der Waals surface area (Å²) in [5.74, 6) is -3.35. The van der Waals surface area contributed by atoms with Crippen molar-refractivity contribution in [2.75, 3.05) is 17.2 Å². The number of aromatic nitrogens is 2. The molecule has 0 unspecified atom stereocenters. The number of allylic oxidation sites excluding steroid dienone is 2. The second kappa shape index (κ2) is 10.7. The molecule has 2 fully saturated rings. The van der Waals surface area contributed by atoms with Crippen LogP contribution in [0, 0.1) is 0 Å². The second-order valence-corrected chi connectivity index (χ2v) is 9.99. The molecule has 4 N–H and O–H groups in total. The number of anilines is 2. The van der Waals surface area contributed by atoms with E-state index in [1.54, 1.807) is 30.5 Å². The van der Waals surface area contributed by atoms with Gasteiger partial charge >= 0.3 is 11.9 Å². The van der Waals surface area contributed by atoms with Gasteiger partial charge in [0, 0.05) is 30.6 Å². The predicted octanol–water partition coefficient (Wildman–Crippen LogP) is 0.579. The number of rotatable bonds is 7. The van der Waals surface area contributed by atoms with E-state index in [0.29, 0.717) is 36.4 Å². The number of nitrogens with zero attached hydrogens (tertiary/aromatic N) is 5. The van der Waals surface area contributed by atoms with E-state index >= 15 is 0 Å². The Hall–Kier alpha value is -4.92. The van der Waals surface area contributed by atoms with Crippen molar-refractivity contribution in [2.24, 2.45) is 5.16 Å². The number of aliphatic carboxylic acids is 1. The standard InChI is InChI=1S/C25H23N7O7S/c1-12(33)39-30-18(15-11-40-25(26)28-15)21(34)29-19-16-6-5-13(20(24(37)38)32(16)23(19)36)10-14-7-9-31(22(14)35)17-4-2-3-8-27-17/h2-4,8,10-11,16,19H,5-7,9H2,1H3,(H2,26,28)(H,29,34)(H,37,38)/t16-,19+/m1/s1. The molecular formula is C25H23N7O7S. The van der Waals surface area contributed by atoms with Gasteiger partial charge in [-0.3, -0.25) is 24.2 Å². The molecule has 0 bridgehead atoms. The Labute approximate surface area is 230 Å². The molecule has 2 saturated heterocycles. The lowest BCUT2D eigenvalue weighted by molar-refractivity contribution is -0.155. The predicted molar refractivity (Wildman–Crippen MR) is 141 cm³/mol. The first-order valence-corrected chi connectivity index (χ1v) is 13.0. The average molecular weight is 566 g/mol. The molecule has 0 aliphatic carbocycles. The van der Waals surface area contributed by atoms with Crippen LogP contribution in [-0.2, 0) is 28.8 Å². The SMILES string of the molecule is CC(=O)ON=C(C(=O)N[C@@H]1C(=O)N2C(C(=O)O)=C(C=C3CCN(c4ccccn4)C3=O)CC[C@H]12)c1csc(N)n1. The molecule has 206 valence electrons. The van der Waals surface area contributed by atoms with E-state index in [4.69, 9.17) is 5.73 Å². The summed E-state index contributed by atoms with van der Waals surface area (Å²) < 4.78 is 0. The van der Waals surface area contributed by atoms with Gasteiger partial charge in [0.1, 0.15) is 23.3 Å². The lowest BCUT2D eigenvalue weighted by Gasteiger charge is -2.50. The van der Waals surface area contributed by atoms with Gasteiger partial charge in [-0.05, 0) is 43.0 Å². The van der Waals surface area contributed by atoms with Crippen LogP contribution in [0.5, 0.6) is 0 Å². The molecule has 2 aromatic heterocycles. The fourth-order valence-electron chi connectivity index (χ4n) is 4.84. The number of nitrogen functional groups attached to an aromatic ring is 1. The van der Waals surface area contributed by atoms with E-state index in [1.165, 1.54) is 10.3 Å². The number of β-lactam (4-membered cyclic amide) rings is 1. The summed E-state index contributed by atoms with van der Waals surface area (Å²) in [6, 6.07) is 3.55. The zero-order valence-corrected chi connectivity index (χ0v) is 21.9. The Balaban J connectivity index is 1.35. The highest BCUT2D eigenvalue weighted by atomic mass is 32.1. The lowest BCUT2D eigenvalue weighted by Crippen LogP contribution is -2.72. The number of carboxylic acid groups (broad SMARTS) is 1. The number of carboxylic acids is 1. The van der Waals surface area contributed by atoms with E-state index in [0.717, 1.165) is 23.2 Å². The van der Waals surface area contributed by atoms with Crippen LogP contribution in [-0.4, -0.2) is 74.0 Å². The van der Waals surface area contributed by atoms with Crippen LogP contribution in [0.15, 0.2) is 57.9 Å². The molecule has 5 heterocycles. The van der Waals surface area contributed by atoms with Crippen LogP contribution in [0.4, 0.5) is 10.9 Å². The zero-order chi connectivity index (χ0) is 28.6. The van der Waals surface area contributed by atoms with Crippen molar-refractivity contribution in [2.45, 2.75) is 38.3 Å². The number of nitrogens with two attached hydrogens (primary N) is 1. The lowest BCUT2D eigenvalue weighted by atomic mass is 9.82. The van der Waals surface area contributed by atoms with Crippen molar-refractivity contribution in [3.05, 3.63) is 58.4 Å². The van der Waals surface area contributed by atoms with E-state index in [9.17, 15) is 29.1 Å². The third kappa shape index (κ3) is 4.93. The maximum absolute atomic E-state index is 13.1. The number of oxime groups is 1. The maximum atomic E-state index is 13.1. The van der Waals surface area contributed by atoms with Crippen molar-refractivity contribution in [3.8, 4) is 0 Å². The van der Waals surface area contributed by atoms with Gasteiger partial charge in [-0.2, -0.15) is 0 Å². The monoisotopic (exact) mass is 565 g/mol. The van der Waals surface area contributed by atoms with Crippen LogP contribution >= 0.6 is 11.3 Å². The maximum Gasteiger partial charge on any atom is 0.352 e. The summed E-state index contributed by atoms with van der Waals surface area (Å²) in [4.78, 5) is 78.1. The zero-order valence-electron chi connectivity index (χ0n) is 21.1. The number of carbonyl (C=O) groups is 5. The summed E-state index contributed by atoms with van der Waals surface area (Å²) in [5.41, 5.74) is 5.87. The summed E-state index contributed by atoms with van der Waals surface area (Å²) >= 11 is 1.04. The van der Waals surface area contributed by atoms with Gasteiger partial charge in [-0.15, -0.1) is 11.3 Å². The summed E-state index contributed by atoms with van der Waals surface area (Å²) in [6.45, 7) is 1.50. The van der Waals surface area contributed by atoms with Crippen molar-refractivity contribution in [1.29, 1.82) is 0 Å². The van der Waals surface area contributed by atoms with Crippen molar-refractivity contribution in [1.82, 2.24) is 20.2 Å². The second-order valence-electron chi connectivity index (χ2n) is 9.10. The summed E-state index contributed by atoms with van der Waals surface area (Å²) in [6.07, 6.45) is 4.12. The van der Waals surface area contributed by atoms with Crippen molar-refractivity contribution < 1.29 is 33.9 Å². The molecule has 3 amide bonds. The molecule has 14 nitrogen and oxygen atoms in total. The van der Waals surface area contributed by atoms with E-state index in [-0.39, 0.29) is 34.6 Å². The number of amides is 3. The van der Waals surface area contributed by atoms with Crippen LogP contribution in [0.1, 0.15) is 31.9 Å². The minimum absolute atomic E-state index is 0.0505. The molecule has 15 heteroatoms. The number of hydrogen-bond acceptors (Lipinski definition) is 11. The summed E-state index contributed by atoms with van der Waals surface area (Å²) in [5, 5.41) is 17.7. The van der Waals surface area contributed by atoms with E-state index in [2.05, 4.69) is 25.3 Å². The molecule has 2 atom stereocenters. The van der Waals surface area contributed by atoms with Crippen LogP contribution in [0.2, 0.25) is 0 Å². The molecule has 0 radical (unpaired) electrons. The van der Waals surface area contributed by atoms with Crippen molar-refractivity contribution >= 4 is 57.7 Å². The Bertz CT molecular complexity index is 1510. The number of nitrogens with one attached hydrogen (secondary N) is 1. The van der Waals surface area contributed by atoms with Crippen molar-refractivity contribution in [3.63, 3.8) is 0 Å². The Morgan fingerprint density at radius 3 is 2.73 bits per heavy atom. The van der Waals surface area contributed by atoms with E-state index in [1.807, 2.05) is 0 Å². The summed E-state index contributed by atoms with van der Waals surface area (Å²) in [7, 11) is 0.